The molecule has 4 aromatic carbocycles. The van der Waals surface area contributed by atoms with Crippen molar-refractivity contribution in [3.63, 3.8) is 0 Å². The molecular weight excluding hydrogens is 511 g/mol. The molecule has 4 aromatic rings. The second-order valence-electron chi connectivity index (χ2n) is 9.35. The Balaban J connectivity index is 1.53. The zero-order valence-electron chi connectivity index (χ0n) is 22.3. The molecule has 0 aromatic heterocycles. The fourth-order valence-electron chi connectivity index (χ4n) is 4.16. The Morgan fingerprint density at radius 1 is 0.850 bits per heavy atom. The first-order valence-electron chi connectivity index (χ1n) is 13.0. The van der Waals surface area contributed by atoms with Gasteiger partial charge in [0, 0.05) is 30.8 Å². The van der Waals surface area contributed by atoms with Crippen molar-refractivity contribution in [3.05, 3.63) is 120 Å². The van der Waals surface area contributed by atoms with E-state index in [1.54, 1.807) is 19.2 Å². The molecule has 0 amide bonds. The number of ether oxygens (including phenoxy) is 3. The summed E-state index contributed by atoms with van der Waals surface area (Å²) in [6.07, 6.45) is 0.273. The van der Waals surface area contributed by atoms with Gasteiger partial charge in [-0.05, 0) is 60.5 Å². The number of para-hydroxylation sites is 2. The first kappa shape index (κ1) is 28.6. The van der Waals surface area contributed by atoms with Crippen molar-refractivity contribution in [3.8, 4) is 23.0 Å². The van der Waals surface area contributed by atoms with Gasteiger partial charge in [0.1, 0.15) is 41.5 Å². The number of hydrogen-bond acceptors (Lipinski definition) is 6. The molecule has 3 N–H and O–H groups in total. The number of methoxy groups -OCH3 is 1. The molecule has 8 heteroatoms. The molecule has 0 saturated heterocycles. The molecule has 40 heavy (non-hydrogen) atoms. The summed E-state index contributed by atoms with van der Waals surface area (Å²) in [4.78, 5) is 13.5. The van der Waals surface area contributed by atoms with Crippen molar-refractivity contribution in [2.24, 2.45) is 5.73 Å². The van der Waals surface area contributed by atoms with Crippen LogP contribution in [0, 0.1) is 5.82 Å². The third-order valence-electron chi connectivity index (χ3n) is 6.40. The molecule has 208 valence electrons. The quantitative estimate of drug-likeness (QED) is 0.201. The minimum atomic E-state index is -1.04. The number of halogens is 1. The Bertz CT molecular complexity index is 1380. The zero-order valence-corrected chi connectivity index (χ0v) is 22.3. The summed E-state index contributed by atoms with van der Waals surface area (Å²) in [7, 11) is 1.61. The van der Waals surface area contributed by atoms with Crippen molar-refractivity contribution in [1.29, 1.82) is 0 Å². The molecule has 1 atom stereocenters. The van der Waals surface area contributed by atoms with E-state index < -0.39 is 12.0 Å². The smallest absolute Gasteiger partial charge is 0.320 e. The van der Waals surface area contributed by atoms with Gasteiger partial charge >= 0.3 is 5.97 Å². The minimum absolute atomic E-state index is 0.273. The number of carboxylic acid groups (broad SMARTS) is 1. The van der Waals surface area contributed by atoms with Crippen LogP contribution in [0.2, 0.25) is 0 Å². The van der Waals surface area contributed by atoms with E-state index in [1.807, 2.05) is 72.8 Å². The fourth-order valence-corrected chi connectivity index (χ4v) is 4.16. The topological polar surface area (TPSA) is 94.2 Å². The summed E-state index contributed by atoms with van der Waals surface area (Å²) in [6.45, 7) is 1.71. The maximum absolute atomic E-state index is 13.3. The van der Waals surface area contributed by atoms with Crippen LogP contribution in [-0.4, -0.2) is 35.7 Å². The van der Waals surface area contributed by atoms with Gasteiger partial charge in [-0.15, -0.1) is 0 Å². The highest BCUT2D eigenvalue weighted by atomic mass is 19.1. The molecule has 0 aliphatic rings. The molecular formula is C32H33FN2O5. The predicted octanol–water partition coefficient (Wildman–Crippen LogP) is 6.01. The lowest BCUT2D eigenvalue weighted by molar-refractivity contribution is -0.138. The van der Waals surface area contributed by atoms with Gasteiger partial charge in [-0.25, -0.2) is 4.39 Å². The summed E-state index contributed by atoms with van der Waals surface area (Å²) >= 11 is 0. The number of hydrogen-bond donors (Lipinski definition) is 2. The molecule has 1 unspecified atom stereocenters. The number of carboxylic acids is 1. The van der Waals surface area contributed by atoms with Crippen LogP contribution in [0.1, 0.15) is 23.1 Å². The van der Waals surface area contributed by atoms with Crippen molar-refractivity contribution < 1.29 is 28.5 Å². The molecule has 0 radical (unpaired) electrons. The van der Waals surface area contributed by atoms with Crippen LogP contribution in [0.4, 0.5) is 4.39 Å². The third-order valence-corrected chi connectivity index (χ3v) is 6.40. The van der Waals surface area contributed by atoms with E-state index in [-0.39, 0.29) is 12.2 Å². The van der Waals surface area contributed by atoms with Gasteiger partial charge < -0.3 is 25.1 Å². The number of carbonyl (C=O) groups is 1. The molecule has 0 heterocycles. The van der Waals surface area contributed by atoms with Crippen LogP contribution in [-0.2, 0) is 24.5 Å². The van der Waals surface area contributed by atoms with Gasteiger partial charge in [0.05, 0.1) is 7.11 Å². The van der Waals surface area contributed by atoms with Crippen LogP contribution in [0.3, 0.4) is 0 Å². The van der Waals surface area contributed by atoms with E-state index in [4.69, 9.17) is 19.9 Å². The molecule has 0 aliphatic carbocycles. The van der Waals surface area contributed by atoms with E-state index in [0.29, 0.717) is 43.5 Å². The van der Waals surface area contributed by atoms with Crippen LogP contribution < -0.4 is 19.9 Å². The van der Waals surface area contributed by atoms with Gasteiger partial charge in [0.15, 0.2) is 0 Å². The standard InChI is InChI=1S/C32H33FN2O5/c1-38-27-14-16-28(17-15-27)40-31-9-5-3-7-25(31)21-35(19-18-29(34)32(36)37)20-24-6-2-4-8-30(24)39-22-23-10-12-26(33)13-11-23/h2-17,29H,18-22,34H2,1H3,(H,36,37). The lowest BCUT2D eigenvalue weighted by Gasteiger charge is -2.25. The number of nitrogens with zero attached hydrogens (tertiary/aromatic N) is 1. The molecule has 4 rings (SSSR count). The number of benzene rings is 4. The van der Waals surface area contributed by atoms with Gasteiger partial charge in [0.25, 0.3) is 0 Å². The SMILES string of the molecule is COc1ccc(Oc2ccccc2CN(CCC(N)C(=O)O)Cc2ccccc2OCc2ccc(F)cc2)cc1. The first-order chi connectivity index (χ1) is 19.4. The van der Waals surface area contributed by atoms with Gasteiger partial charge in [0.2, 0.25) is 0 Å². The average Bonchev–Trinajstić information content (AvgIpc) is 2.97. The lowest BCUT2D eigenvalue weighted by Crippen LogP contribution is -2.35. The predicted molar refractivity (Wildman–Crippen MR) is 151 cm³/mol. The monoisotopic (exact) mass is 544 g/mol. The highest BCUT2D eigenvalue weighted by Gasteiger charge is 2.18. The van der Waals surface area contributed by atoms with Crippen molar-refractivity contribution in [1.82, 2.24) is 4.90 Å². The average molecular weight is 545 g/mol. The summed E-state index contributed by atoms with van der Waals surface area (Å²) in [6, 6.07) is 28.0. The van der Waals surface area contributed by atoms with E-state index >= 15 is 0 Å². The minimum Gasteiger partial charge on any atom is -0.497 e. The highest BCUT2D eigenvalue weighted by molar-refractivity contribution is 5.73. The second-order valence-corrected chi connectivity index (χ2v) is 9.35. The maximum Gasteiger partial charge on any atom is 0.320 e. The number of nitrogens with two attached hydrogens (primary N) is 1. The van der Waals surface area contributed by atoms with Crippen molar-refractivity contribution in [2.45, 2.75) is 32.2 Å². The summed E-state index contributed by atoms with van der Waals surface area (Å²) < 4.78 is 30.8. The summed E-state index contributed by atoms with van der Waals surface area (Å²) in [5.41, 5.74) is 8.57. The van der Waals surface area contributed by atoms with Crippen LogP contribution >= 0.6 is 0 Å². The summed E-state index contributed by atoms with van der Waals surface area (Å²) in [5.74, 6) is 1.47. The molecule has 0 bridgehead atoms. The number of rotatable bonds is 14. The van der Waals surface area contributed by atoms with Gasteiger partial charge in [-0.3, -0.25) is 9.69 Å². The molecule has 7 nitrogen and oxygen atoms in total. The Kier molecular flexibility index (Phi) is 10.1. The van der Waals surface area contributed by atoms with Crippen molar-refractivity contribution in [2.75, 3.05) is 13.7 Å². The fraction of sp³-hybridized carbons (Fsp3) is 0.219. The Labute approximate surface area is 233 Å². The van der Waals surface area contributed by atoms with E-state index in [2.05, 4.69) is 4.90 Å². The van der Waals surface area contributed by atoms with Crippen LogP contribution in [0.5, 0.6) is 23.0 Å². The first-order valence-corrected chi connectivity index (χ1v) is 13.0. The van der Waals surface area contributed by atoms with Gasteiger partial charge in [-0.1, -0.05) is 48.5 Å². The molecule has 0 fully saturated rings. The van der Waals surface area contributed by atoms with E-state index in [1.165, 1.54) is 12.1 Å². The van der Waals surface area contributed by atoms with Crippen LogP contribution in [0.25, 0.3) is 0 Å². The van der Waals surface area contributed by atoms with Crippen molar-refractivity contribution >= 4 is 5.97 Å². The summed E-state index contributed by atoms with van der Waals surface area (Å²) in [5, 5.41) is 9.34. The molecule has 0 aliphatic heterocycles. The normalized spacial score (nSPS) is 11.7. The third kappa shape index (κ3) is 8.30. The van der Waals surface area contributed by atoms with Crippen LogP contribution in [0.15, 0.2) is 97.1 Å². The second kappa shape index (κ2) is 14.1. The van der Waals surface area contributed by atoms with E-state index in [9.17, 15) is 14.3 Å². The Morgan fingerprint density at radius 3 is 2.05 bits per heavy atom. The van der Waals surface area contributed by atoms with E-state index in [0.717, 1.165) is 22.4 Å². The largest absolute Gasteiger partial charge is 0.497 e. The zero-order chi connectivity index (χ0) is 28.3. The highest BCUT2D eigenvalue weighted by Crippen LogP contribution is 2.29. The molecule has 0 spiro atoms. The molecule has 0 saturated carbocycles. The Hall–Kier alpha value is -4.40. The number of aliphatic carboxylic acids is 1. The Morgan fingerprint density at radius 2 is 1.43 bits per heavy atom. The van der Waals surface area contributed by atoms with Gasteiger partial charge in [-0.2, -0.15) is 0 Å². The lowest BCUT2D eigenvalue weighted by atomic mass is 10.1. The maximum atomic E-state index is 13.3.